The average molecular weight is 909 g/mol. The normalized spacial score (nSPS) is 17.3. The molecule has 10 rings (SSSR count). The van der Waals surface area contributed by atoms with Gasteiger partial charge in [0.2, 0.25) is 0 Å². The summed E-state index contributed by atoms with van der Waals surface area (Å²) in [5.41, 5.74) is -1.27. The van der Waals surface area contributed by atoms with Gasteiger partial charge in [-0.1, -0.05) is 155 Å². The Morgan fingerprint density at radius 2 is 1.06 bits per heavy atom. The van der Waals surface area contributed by atoms with Gasteiger partial charge >= 0.3 is 0 Å². The molecule has 0 atom stereocenters. The second kappa shape index (κ2) is 19.8. The fourth-order valence-electron chi connectivity index (χ4n) is 7.99. The quantitative estimate of drug-likeness (QED) is 0.103. The van der Waals surface area contributed by atoms with Crippen molar-refractivity contribution in [1.29, 1.82) is 0 Å². The van der Waals surface area contributed by atoms with E-state index in [-0.39, 0.29) is 72.1 Å². The van der Waals surface area contributed by atoms with Crippen LogP contribution in [0, 0.1) is 5.82 Å². The fraction of sp³-hybridized carbons (Fsp3) is 0.190. The number of benzene rings is 6. The summed E-state index contributed by atoms with van der Waals surface area (Å²) in [4.78, 5) is 13.5. The number of hydrogen-bond acceptors (Lipinski definition) is 4. The number of aromatic nitrogens is 3. The summed E-state index contributed by atoms with van der Waals surface area (Å²) in [6, 6.07) is 30.1. The van der Waals surface area contributed by atoms with Gasteiger partial charge in [-0.15, -0.1) is 0 Å². The van der Waals surface area contributed by atoms with Crippen molar-refractivity contribution in [2.45, 2.75) is 77.7 Å². The summed E-state index contributed by atoms with van der Waals surface area (Å²) < 4.78 is 199. The van der Waals surface area contributed by atoms with E-state index < -0.39 is 103 Å². The second-order valence-corrected chi connectivity index (χ2v) is 16.5. The van der Waals surface area contributed by atoms with Gasteiger partial charge in [0.1, 0.15) is 17.0 Å². The van der Waals surface area contributed by atoms with Crippen LogP contribution < -0.4 is 0 Å². The van der Waals surface area contributed by atoms with E-state index in [1.54, 1.807) is 78.9 Å². The molecule has 5 heteroatoms. The van der Waals surface area contributed by atoms with Crippen LogP contribution in [-0.2, 0) is 38.2 Å². The number of para-hydroxylation sites is 1. The Balaban J connectivity index is 1.10. The van der Waals surface area contributed by atoms with Crippen molar-refractivity contribution < 1.29 is 34.9 Å². The predicted molar refractivity (Wildman–Crippen MR) is 279 cm³/mol. The first kappa shape index (κ1) is 27.3. The van der Waals surface area contributed by atoms with Crippen LogP contribution in [0.2, 0.25) is 0 Å². The first-order chi connectivity index (χ1) is 40.5. The molecular formula is C63H56FN3O. The Labute approximate surface area is 426 Å². The molecule has 0 aliphatic carbocycles. The van der Waals surface area contributed by atoms with Gasteiger partial charge < -0.3 is 4.42 Å². The van der Waals surface area contributed by atoms with Gasteiger partial charge in [-0.3, -0.25) is 15.0 Å². The van der Waals surface area contributed by atoms with Crippen molar-refractivity contribution >= 4 is 21.9 Å². The van der Waals surface area contributed by atoms with Crippen LogP contribution in [0.25, 0.3) is 66.8 Å². The first-order valence-corrected chi connectivity index (χ1v) is 21.9. The second-order valence-electron chi connectivity index (χ2n) is 16.5. The molecule has 0 bridgehead atoms. The molecule has 0 N–H and O–H groups in total. The monoisotopic (exact) mass is 909 g/mol. The predicted octanol–water partition coefficient (Wildman–Crippen LogP) is 16.2. The summed E-state index contributed by atoms with van der Waals surface area (Å²) in [6.07, 6.45) is -16.1. The van der Waals surface area contributed by atoms with E-state index in [2.05, 4.69) is 15.0 Å². The molecule has 68 heavy (non-hydrogen) atoms. The Bertz CT molecular complexity index is 4160. The molecule has 4 aromatic heterocycles. The first-order valence-electron chi connectivity index (χ1n) is 31.4. The summed E-state index contributed by atoms with van der Waals surface area (Å²) in [5.74, 6) is -4.07. The summed E-state index contributed by atoms with van der Waals surface area (Å²) in [6.45, 7) is 5.95. The largest absolute Gasteiger partial charge is 0.455 e. The maximum Gasteiger partial charge on any atom is 0.144 e. The summed E-state index contributed by atoms with van der Waals surface area (Å²) in [5, 5.41) is 0.154. The number of nitrogens with zero attached hydrogens (tertiary/aromatic N) is 3. The van der Waals surface area contributed by atoms with Crippen LogP contribution in [0.15, 0.2) is 187 Å². The van der Waals surface area contributed by atoms with Crippen LogP contribution in [0.5, 0.6) is 0 Å². The van der Waals surface area contributed by atoms with E-state index in [0.29, 0.717) is 22.5 Å². The molecule has 0 saturated carbocycles. The van der Waals surface area contributed by atoms with Crippen molar-refractivity contribution in [2.24, 2.45) is 0 Å². The molecular weight excluding hydrogens is 834 g/mol. The van der Waals surface area contributed by atoms with Gasteiger partial charge in [0, 0.05) is 65.4 Å². The lowest BCUT2D eigenvalue weighted by Gasteiger charge is -2.16. The van der Waals surface area contributed by atoms with Gasteiger partial charge in [0.15, 0.2) is 0 Å². The van der Waals surface area contributed by atoms with Gasteiger partial charge in [-0.25, -0.2) is 4.39 Å². The van der Waals surface area contributed by atoms with Gasteiger partial charge in [0.25, 0.3) is 0 Å². The van der Waals surface area contributed by atoms with Crippen molar-refractivity contribution in [3.05, 3.63) is 233 Å². The molecule has 10 aromatic rings. The Kier molecular flexibility index (Phi) is 7.95. The number of aryl methyl sites for hydroxylation is 6. The summed E-state index contributed by atoms with van der Waals surface area (Å²) in [7, 11) is 0. The third-order valence-corrected chi connectivity index (χ3v) is 11.4. The van der Waals surface area contributed by atoms with Gasteiger partial charge in [0.05, 0.1) is 29.3 Å². The molecule has 0 aliphatic heterocycles. The van der Waals surface area contributed by atoms with Crippen LogP contribution >= 0.6 is 0 Å². The standard InChI is InChI=1S/C63H56FN3O/c1-41(2)55-36-58(48-17-10-6-11-18-48)66-39-50(55)28-25-45-33-44(34-46(35-45)26-29-51-40-67-59(37-56(51)42(3)4)49-19-12-7-13-20-49)24-23-43-27-31-57(65-38-43)53-21-14-22-54-61-60(68-63(53)54)32-30-52(62(61)64)47-15-8-5-9-16-47/h5-22,27,30-42H,23-26,28-29H2,1-4H3/i5D,8D,9D,15D,16D,23D2,24D2,25D2,26D2,28D2,29D2,41D,42D. The number of pyridine rings is 3. The van der Waals surface area contributed by atoms with Crippen LogP contribution in [0.3, 0.4) is 0 Å². The number of rotatable bonds is 15. The Morgan fingerprint density at radius 3 is 1.60 bits per heavy atom. The third kappa shape index (κ3) is 9.52. The van der Waals surface area contributed by atoms with Gasteiger partial charge in [-0.05, 0) is 136 Å². The van der Waals surface area contributed by atoms with Crippen LogP contribution in [0.1, 0.15) is 110 Å². The number of halogens is 1. The molecule has 0 radical (unpaired) electrons. The van der Waals surface area contributed by atoms with E-state index >= 15 is 4.39 Å². The SMILES string of the molecule is [2H]c1c([2H])c([2H])c(-c2ccc3oc4c(-c5ccc(C([2H])([2H])C([2H])([2H])c6cc(C([2H])([2H])C([2H])([2H])c7cnc(-c8ccccc8)cc7C([2H])(C)C)cc(C([2H])([2H])C([2H])([2H])c7cnc(-c8ccccc8)cc7C([2H])(C)C)c6)cn5)cccc4c3c2F)c([2H])c1[2H]. The van der Waals surface area contributed by atoms with Crippen molar-refractivity contribution in [3.63, 3.8) is 0 Å². The Morgan fingerprint density at radius 1 is 0.515 bits per heavy atom. The lowest BCUT2D eigenvalue weighted by molar-refractivity contribution is 0.637. The van der Waals surface area contributed by atoms with E-state index in [1.807, 2.05) is 0 Å². The zero-order valence-corrected chi connectivity index (χ0v) is 37.6. The lowest BCUT2D eigenvalue weighted by atomic mass is 9.90. The maximum absolute atomic E-state index is 16.7. The van der Waals surface area contributed by atoms with Crippen molar-refractivity contribution in [3.8, 4) is 44.9 Å². The molecule has 0 spiro atoms. The molecule has 0 unspecified atom stereocenters. The van der Waals surface area contributed by atoms with Crippen LogP contribution in [0.4, 0.5) is 4.39 Å². The van der Waals surface area contributed by atoms with Gasteiger partial charge in [-0.2, -0.15) is 0 Å². The van der Waals surface area contributed by atoms with E-state index in [1.165, 1.54) is 64.1 Å². The molecule has 336 valence electrons. The highest BCUT2D eigenvalue weighted by Crippen LogP contribution is 2.39. The molecule has 0 fully saturated rings. The average Bonchev–Trinajstić information content (AvgIpc) is 1.30. The zero-order chi connectivity index (χ0) is 63.5. The minimum absolute atomic E-state index is 0.0397. The molecule has 6 aromatic carbocycles. The minimum atomic E-state index is -3.31. The highest BCUT2D eigenvalue weighted by molar-refractivity contribution is 6.10. The van der Waals surface area contributed by atoms with Crippen molar-refractivity contribution in [2.75, 3.05) is 0 Å². The molecule has 0 saturated heterocycles. The number of fused-ring (bicyclic) bond motifs is 3. The smallest absolute Gasteiger partial charge is 0.144 e. The third-order valence-electron chi connectivity index (χ3n) is 11.4. The molecule has 0 amide bonds. The Hall–Kier alpha value is -7.50. The van der Waals surface area contributed by atoms with E-state index in [9.17, 15) is 16.4 Å². The number of hydrogen-bond donors (Lipinski definition) is 0. The molecule has 4 nitrogen and oxygen atoms in total. The zero-order valence-electron chi connectivity index (χ0n) is 56.6. The maximum atomic E-state index is 16.7. The van der Waals surface area contributed by atoms with E-state index in [0.717, 1.165) is 36.8 Å². The molecule has 0 aliphatic rings. The highest BCUT2D eigenvalue weighted by Gasteiger charge is 2.19. The summed E-state index contributed by atoms with van der Waals surface area (Å²) >= 11 is 0. The minimum Gasteiger partial charge on any atom is -0.455 e. The lowest BCUT2D eigenvalue weighted by Crippen LogP contribution is -2.04. The fourth-order valence-corrected chi connectivity index (χ4v) is 7.99. The molecule has 4 heterocycles. The highest BCUT2D eigenvalue weighted by atomic mass is 19.1. The van der Waals surface area contributed by atoms with Crippen molar-refractivity contribution in [1.82, 2.24) is 15.0 Å². The topological polar surface area (TPSA) is 51.8 Å². The number of furan rings is 1. The van der Waals surface area contributed by atoms with Crippen LogP contribution in [-0.4, -0.2) is 15.0 Å². The van der Waals surface area contributed by atoms with E-state index in [4.69, 9.17) is 14.0 Å².